The Morgan fingerprint density at radius 3 is 2.08 bits per heavy atom. The van der Waals surface area contributed by atoms with Crippen LogP contribution in [0.4, 0.5) is 26.3 Å². The summed E-state index contributed by atoms with van der Waals surface area (Å²) < 4.78 is 82.1. The molecule has 0 aliphatic carbocycles. The van der Waals surface area contributed by atoms with Crippen molar-refractivity contribution in [1.29, 1.82) is 0 Å². The van der Waals surface area contributed by atoms with Gasteiger partial charge in [0.2, 0.25) is 0 Å². The van der Waals surface area contributed by atoms with Gasteiger partial charge in [-0.1, -0.05) is 36.4 Å². The van der Waals surface area contributed by atoms with Crippen LogP contribution in [0.15, 0.2) is 36.4 Å². The van der Waals surface area contributed by atoms with Crippen molar-refractivity contribution < 1.29 is 41.0 Å². The molecule has 1 N–H and O–H groups in total. The lowest BCUT2D eigenvalue weighted by molar-refractivity contribution is -0.370. The molecule has 0 aliphatic heterocycles. The van der Waals surface area contributed by atoms with Gasteiger partial charge in [0, 0.05) is 0 Å². The van der Waals surface area contributed by atoms with E-state index in [1.807, 2.05) is 0 Å². The van der Waals surface area contributed by atoms with E-state index in [0.29, 0.717) is 16.3 Å². The van der Waals surface area contributed by atoms with Gasteiger partial charge < -0.3 is 9.84 Å². The first-order valence-corrected chi connectivity index (χ1v) is 6.90. The van der Waals surface area contributed by atoms with E-state index in [9.17, 15) is 31.1 Å². The maximum Gasteiger partial charge on any atom is 0.437 e. The monoisotopic (exact) mass is 366 g/mol. The van der Waals surface area contributed by atoms with Gasteiger partial charge >= 0.3 is 23.9 Å². The van der Waals surface area contributed by atoms with Gasteiger partial charge in [-0.25, -0.2) is 4.79 Å². The molecule has 0 amide bonds. The summed E-state index contributed by atoms with van der Waals surface area (Å²) in [4.78, 5) is 10.9. The minimum atomic E-state index is -6.18. The van der Waals surface area contributed by atoms with E-state index in [4.69, 9.17) is 5.11 Å². The van der Waals surface area contributed by atoms with Gasteiger partial charge in [-0.05, 0) is 28.8 Å². The number of hydrogen-bond donors (Lipinski definition) is 1. The maximum absolute atomic E-state index is 13.0. The van der Waals surface area contributed by atoms with Crippen LogP contribution < -0.4 is 0 Å². The molecule has 25 heavy (non-hydrogen) atoms. The molecule has 0 radical (unpaired) electrons. The number of alkyl halides is 6. The molecule has 2 rings (SSSR count). The summed E-state index contributed by atoms with van der Waals surface area (Å²) in [7, 11) is 0. The standard InChI is InChI=1S/C16H12F6O3/c1-9-6-7-10-4-2-3-5-11(10)12(9)8-25-14(13(23)24,15(17,18)19)16(20,21)22/h2-7H,8H2,1H3,(H,23,24). The van der Waals surface area contributed by atoms with Gasteiger partial charge in [-0.3, -0.25) is 0 Å². The Balaban J connectivity index is 2.54. The third-order valence-electron chi connectivity index (χ3n) is 3.81. The van der Waals surface area contributed by atoms with Gasteiger partial charge in [0.05, 0.1) is 6.61 Å². The van der Waals surface area contributed by atoms with Gasteiger partial charge in [0.25, 0.3) is 0 Å². The lowest BCUT2D eigenvalue weighted by Gasteiger charge is -2.33. The molecule has 9 heteroatoms. The van der Waals surface area contributed by atoms with E-state index in [2.05, 4.69) is 4.74 Å². The third kappa shape index (κ3) is 3.15. The van der Waals surface area contributed by atoms with Crippen LogP contribution in [-0.4, -0.2) is 29.0 Å². The van der Waals surface area contributed by atoms with Crippen molar-refractivity contribution in [3.05, 3.63) is 47.5 Å². The normalized spacial score (nSPS) is 13.2. The maximum atomic E-state index is 13.0. The lowest BCUT2D eigenvalue weighted by Crippen LogP contribution is -2.64. The fourth-order valence-corrected chi connectivity index (χ4v) is 2.45. The fraction of sp³-hybridized carbons (Fsp3) is 0.312. The van der Waals surface area contributed by atoms with Crippen molar-refractivity contribution >= 4 is 16.7 Å². The second-order valence-corrected chi connectivity index (χ2v) is 5.35. The van der Waals surface area contributed by atoms with Crippen LogP contribution in [0.25, 0.3) is 10.8 Å². The molecular weight excluding hydrogens is 354 g/mol. The van der Waals surface area contributed by atoms with Crippen molar-refractivity contribution in [2.75, 3.05) is 0 Å². The first-order valence-electron chi connectivity index (χ1n) is 6.90. The van der Waals surface area contributed by atoms with E-state index in [1.54, 1.807) is 24.3 Å². The highest BCUT2D eigenvalue weighted by Crippen LogP contribution is 2.47. The molecule has 0 atom stereocenters. The largest absolute Gasteiger partial charge is 0.479 e. The summed E-state index contributed by atoms with van der Waals surface area (Å²) in [5, 5.41) is 9.65. The van der Waals surface area contributed by atoms with Crippen molar-refractivity contribution in [3.63, 3.8) is 0 Å². The molecule has 0 aliphatic rings. The van der Waals surface area contributed by atoms with Crippen molar-refractivity contribution in [1.82, 2.24) is 0 Å². The first-order chi connectivity index (χ1) is 11.4. The molecule has 3 nitrogen and oxygen atoms in total. The molecule has 136 valence electrons. The molecule has 0 saturated carbocycles. The van der Waals surface area contributed by atoms with E-state index in [1.165, 1.54) is 19.1 Å². The van der Waals surface area contributed by atoms with E-state index < -0.39 is 30.5 Å². The first kappa shape index (κ1) is 19.0. The Labute approximate surface area is 137 Å². The number of fused-ring (bicyclic) bond motifs is 1. The Bertz CT molecular complexity index is 781. The summed E-state index contributed by atoms with van der Waals surface area (Å²) in [6.45, 7) is 0.313. The highest BCUT2D eigenvalue weighted by atomic mass is 19.4. The highest BCUT2D eigenvalue weighted by molar-refractivity contribution is 5.86. The average molecular weight is 366 g/mol. The summed E-state index contributed by atoms with van der Waals surface area (Å²) in [6, 6.07) is 9.48. The van der Waals surface area contributed by atoms with Crippen LogP contribution in [0.5, 0.6) is 0 Å². The van der Waals surface area contributed by atoms with Crippen LogP contribution >= 0.6 is 0 Å². The Hall–Kier alpha value is -2.29. The zero-order valence-electron chi connectivity index (χ0n) is 12.7. The Morgan fingerprint density at radius 2 is 1.56 bits per heavy atom. The van der Waals surface area contributed by atoms with E-state index >= 15 is 0 Å². The summed E-state index contributed by atoms with van der Waals surface area (Å²) in [5.74, 6) is -3.16. The third-order valence-corrected chi connectivity index (χ3v) is 3.81. The molecule has 0 spiro atoms. The van der Waals surface area contributed by atoms with Crippen LogP contribution in [-0.2, 0) is 16.1 Å². The second kappa shape index (κ2) is 6.21. The van der Waals surface area contributed by atoms with Crippen molar-refractivity contribution in [2.24, 2.45) is 0 Å². The van der Waals surface area contributed by atoms with Crippen molar-refractivity contribution in [3.8, 4) is 0 Å². The number of ether oxygens (including phenoxy) is 1. The molecule has 0 aromatic heterocycles. The van der Waals surface area contributed by atoms with Crippen LogP contribution in [0.1, 0.15) is 11.1 Å². The number of rotatable bonds is 4. The molecular formula is C16H12F6O3. The number of carboxylic acids is 1. The summed E-state index contributed by atoms with van der Waals surface area (Å²) in [6.07, 6.45) is -12.4. The van der Waals surface area contributed by atoms with E-state index in [0.717, 1.165) is 0 Å². The minimum Gasteiger partial charge on any atom is -0.479 e. The number of carboxylic acid groups (broad SMARTS) is 1. The van der Waals surface area contributed by atoms with Gasteiger partial charge in [0.1, 0.15) is 0 Å². The number of aliphatic carboxylic acids is 1. The second-order valence-electron chi connectivity index (χ2n) is 5.35. The molecule has 0 unspecified atom stereocenters. The minimum absolute atomic E-state index is 0.0530. The molecule has 0 bridgehead atoms. The topological polar surface area (TPSA) is 46.5 Å². The SMILES string of the molecule is Cc1ccc2ccccc2c1COC(C(=O)O)(C(F)(F)F)C(F)(F)F. The summed E-state index contributed by atoms with van der Waals surface area (Å²) in [5.41, 5.74) is -4.87. The molecule has 2 aromatic carbocycles. The Kier molecular flexibility index (Phi) is 4.73. The molecule has 2 aromatic rings. The lowest BCUT2D eigenvalue weighted by atomic mass is 9.99. The number of hydrogen-bond acceptors (Lipinski definition) is 2. The number of halogens is 6. The predicted octanol–water partition coefficient (Wildman–Crippen LogP) is 4.61. The fourth-order valence-electron chi connectivity index (χ4n) is 2.45. The van der Waals surface area contributed by atoms with Gasteiger partial charge in [-0.2, -0.15) is 26.3 Å². The van der Waals surface area contributed by atoms with E-state index in [-0.39, 0.29) is 5.56 Å². The zero-order valence-corrected chi connectivity index (χ0v) is 12.7. The summed E-state index contributed by atoms with van der Waals surface area (Å²) >= 11 is 0. The van der Waals surface area contributed by atoms with Crippen molar-refractivity contribution in [2.45, 2.75) is 31.5 Å². The predicted molar refractivity (Wildman–Crippen MR) is 76.0 cm³/mol. The quantitative estimate of drug-likeness (QED) is 0.804. The van der Waals surface area contributed by atoms with Crippen LogP contribution in [0.2, 0.25) is 0 Å². The van der Waals surface area contributed by atoms with Gasteiger partial charge in [-0.15, -0.1) is 0 Å². The number of aryl methyl sites for hydroxylation is 1. The highest BCUT2D eigenvalue weighted by Gasteiger charge is 2.78. The molecule has 0 saturated heterocycles. The molecule has 0 fully saturated rings. The Morgan fingerprint density at radius 1 is 1.00 bits per heavy atom. The zero-order chi connectivity index (χ0) is 19.0. The number of carbonyl (C=O) groups is 1. The van der Waals surface area contributed by atoms with Gasteiger partial charge in [0.15, 0.2) is 0 Å². The van der Waals surface area contributed by atoms with Crippen LogP contribution in [0, 0.1) is 6.92 Å². The number of benzene rings is 2. The average Bonchev–Trinajstić information content (AvgIpc) is 2.46. The van der Waals surface area contributed by atoms with Crippen LogP contribution in [0.3, 0.4) is 0 Å². The smallest absolute Gasteiger partial charge is 0.437 e. The molecule has 0 heterocycles.